The molecule has 1 unspecified atom stereocenters. The number of hydrogen-bond donors (Lipinski definition) is 3. The SMILES string of the molecule is COC(=O)N[C@H](C)C(=O)C[C@H](C(=O)N[C@H](C(=O)N1C[C@@H]2CCC[C@@H]2C1C(=O)O)C(C)(C)C)C1CCCCC1. The lowest BCUT2D eigenvalue weighted by Gasteiger charge is -2.37. The number of carboxylic acids is 1. The molecule has 38 heavy (non-hydrogen) atoms. The fourth-order valence-electron chi connectivity index (χ4n) is 6.63. The summed E-state index contributed by atoms with van der Waals surface area (Å²) in [5.74, 6) is -2.54. The Kier molecular flexibility index (Phi) is 9.81. The standard InChI is InChI=1S/C28H45N3O7/c1-16(29-27(37)38-5)21(32)14-20(17-10-7-6-8-11-17)24(33)30-23(28(2,3)4)25(34)31-15-18-12-9-13-19(18)22(31)26(35)36/h16-20,22-23H,6-15H2,1-5H3,(H,29,37)(H,30,33)(H,35,36)/t16-,18+,19+,20+,22?,23-/m1/s1. The molecule has 2 saturated carbocycles. The number of ether oxygens (including phenoxy) is 1. The molecular formula is C28H45N3O7. The Hall–Kier alpha value is -2.65. The Labute approximate surface area is 225 Å². The average molecular weight is 536 g/mol. The van der Waals surface area contributed by atoms with Crippen molar-refractivity contribution in [1.29, 1.82) is 0 Å². The van der Waals surface area contributed by atoms with E-state index in [0.717, 1.165) is 51.4 Å². The van der Waals surface area contributed by atoms with Crippen LogP contribution < -0.4 is 10.6 Å². The van der Waals surface area contributed by atoms with Gasteiger partial charge in [-0.25, -0.2) is 9.59 Å². The predicted molar refractivity (Wildman–Crippen MR) is 140 cm³/mol. The molecule has 0 aromatic rings. The average Bonchev–Trinajstić information content (AvgIpc) is 3.46. The van der Waals surface area contributed by atoms with Gasteiger partial charge in [0.25, 0.3) is 0 Å². The highest BCUT2D eigenvalue weighted by molar-refractivity contribution is 5.95. The number of aliphatic carboxylic acids is 1. The van der Waals surface area contributed by atoms with Gasteiger partial charge in [-0.2, -0.15) is 0 Å². The number of nitrogens with one attached hydrogen (secondary N) is 2. The van der Waals surface area contributed by atoms with Gasteiger partial charge in [0.2, 0.25) is 11.8 Å². The molecule has 3 fully saturated rings. The predicted octanol–water partition coefficient (Wildman–Crippen LogP) is 3.13. The van der Waals surface area contributed by atoms with Crippen molar-refractivity contribution in [2.24, 2.45) is 29.1 Å². The van der Waals surface area contributed by atoms with Crippen molar-refractivity contribution in [3.63, 3.8) is 0 Å². The van der Waals surface area contributed by atoms with E-state index in [-0.39, 0.29) is 41.8 Å². The third-order valence-electron chi connectivity index (χ3n) is 8.81. The van der Waals surface area contributed by atoms with Gasteiger partial charge in [-0.3, -0.25) is 14.4 Å². The number of hydrogen-bond acceptors (Lipinski definition) is 6. The van der Waals surface area contributed by atoms with E-state index in [9.17, 15) is 29.1 Å². The number of nitrogens with zero attached hydrogens (tertiary/aromatic N) is 1. The molecule has 1 heterocycles. The van der Waals surface area contributed by atoms with Crippen molar-refractivity contribution >= 4 is 29.7 Å². The molecule has 3 aliphatic rings. The molecule has 10 heteroatoms. The molecule has 3 N–H and O–H groups in total. The van der Waals surface area contributed by atoms with Gasteiger partial charge in [0.15, 0.2) is 5.78 Å². The van der Waals surface area contributed by atoms with Crippen molar-refractivity contribution in [2.75, 3.05) is 13.7 Å². The molecule has 1 saturated heterocycles. The van der Waals surface area contributed by atoms with Crippen LogP contribution in [0, 0.1) is 29.1 Å². The van der Waals surface area contributed by atoms with E-state index in [2.05, 4.69) is 15.4 Å². The van der Waals surface area contributed by atoms with Crippen LogP contribution in [0.25, 0.3) is 0 Å². The van der Waals surface area contributed by atoms with Crippen LogP contribution >= 0.6 is 0 Å². The van der Waals surface area contributed by atoms with E-state index >= 15 is 0 Å². The highest BCUT2D eigenvalue weighted by Gasteiger charge is 2.52. The zero-order valence-corrected chi connectivity index (χ0v) is 23.5. The maximum atomic E-state index is 13.9. The summed E-state index contributed by atoms with van der Waals surface area (Å²) in [5, 5.41) is 15.4. The Morgan fingerprint density at radius 2 is 1.63 bits per heavy atom. The summed E-state index contributed by atoms with van der Waals surface area (Å²) in [5.41, 5.74) is -0.672. The molecule has 214 valence electrons. The number of amides is 3. The molecule has 0 aromatic heterocycles. The molecule has 0 radical (unpaired) electrons. The van der Waals surface area contributed by atoms with Crippen LogP contribution in [0.1, 0.15) is 85.5 Å². The van der Waals surface area contributed by atoms with Gasteiger partial charge in [-0.15, -0.1) is 0 Å². The minimum Gasteiger partial charge on any atom is -0.480 e. The third-order valence-corrected chi connectivity index (χ3v) is 8.81. The van der Waals surface area contributed by atoms with Crippen LogP contribution in [0.2, 0.25) is 0 Å². The van der Waals surface area contributed by atoms with Crippen LogP contribution in [-0.4, -0.2) is 71.4 Å². The lowest BCUT2D eigenvalue weighted by Crippen LogP contribution is -2.58. The minimum absolute atomic E-state index is 0.00772. The molecular weight excluding hydrogens is 490 g/mol. The Balaban J connectivity index is 1.81. The number of carboxylic acid groups (broad SMARTS) is 1. The van der Waals surface area contributed by atoms with Crippen molar-refractivity contribution in [3.05, 3.63) is 0 Å². The number of carbonyl (C=O) groups is 5. The smallest absolute Gasteiger partial charge is 0.407 e. The second-order valence-electron chi connectivity index (χ2n) is 12.5. The Morgan fingerprint density at radius 3 is 2.21 bits per heavy atom. The normalized spacial score (nSPS) is 26.1. The number of ketones is 1. The molecule has 2 aliphatic carbocycles. The summed E-state index contributed by atoms with van der Waals surface area (Å²) < 4.78 is 4.59. The second kappa shape index (κ2) is 12.5. The molecule has 0 spiro atoms. The van der Waals surface area contributed by atoms with E-state index in [1.165, 1.54) is 12.0 Å². The molecule has 3 amide bonds. The minimum atomic E-state index is -0.996. The maximum Gasteiger partial charge on any atom is 0.407 e. The first-order chi connectivity index (χ1) is 17.8. The lowest BCUT2D eigenvalue weighted by atomic mass is 9.76. The number of alkyl carbamates (subject to hydrolysis) is 1. The zero-order valence-electron chi connectivity index (χ0n) is 23.5. The fourth-order valence-corrected chi connectivity index (χ4v) is 6.63. The van der Waals surface area contributed by atoms with Crippen LogP contribution in [-0.2, 0) is 23.9 Å². The number of Topliss-reactive ketones (excluding diaryl/α,β-unsaturated/α-hetero) is 1. The maximum absolute atomic E-state index is 13.9. The van der Waals surface area contributed by atoms with E-state index in [4.69, 9.17) is 0 Å². The number of methoxy groups -OCH3 is 1. The third kappa shape index (κ3) is 6.86. The van der Waals surface area contributed by atoms with Crippen LogP contribution in [0.5, 0.6) is 0 Å². The topological polar surface area (TPSA) is 142 Å². The lowest BCUT2D eigenvalue weighted by molar-refractivity contribution is -0.152. The fraction of sp³-hybridized carbons (Fsp3) is 0.821. The summed E-state index contributed by atoms with van der Waals surface area (Å²) in [7, 11) is 1.22. The Bertz CT molecular complexity index is 909. The summed E-state index contributed by atoms with van der Waals surface area (Å²) >= 11 is 0. The molecule has 3 rings (SSSR count). The molecule has 10 nitrogen and oxygen atoms in total. The Morgan fingerprint density at radius 1 is 0.974 bits per heavy atom. The summed E-state index contributed by atoms with van der Waals surface area (Å²) in [4.78, 5) is 66.0. The van der Waals surface area contributed by atoms with Gasteiger partial charge in [-0.1, -0.05) is 46.5 Å². The van der Waals surface area contributed by atoms with Gasteiger partial charge in [0.1, 0.15) is 12.1 Å². The summed E-state index contributed by atoms with van der Waals surface area (Å²) in [6.07, 6.45) is 6.55. The molecule has 6 atom stereocenters. The van der Waals surface area contributed by atoms with Crippen LogP contribution in [0.3, 0.4) is 0 Å². The molecule has 0 aromatic carbocycles. The summed E-state index contributed by atoms with van der Waals surface area (Å²) in [6.45, 7) is 7.51. The quantitative estimate of drug-likeness (QED) is 0.412. The van der Waals surface area contributed by atoms with E-state index < -0.39 is 41.5 Å². The zero-order chi connectivity index (χ0) is 28.2. The number of rotatable bonds is 9. The largest absolute Gasteiger partial charge is 0.480 e. The van der Waals surface area contributed by atoms with E-state index in [1.807, 2.05) is 20.8 Å². The molecule has 1 aliphatic heterocycles. The number of fused-ring (bicyclic) bond motifs is 1. The highest BCUT2D eigenvalue weighted by atomic mass is 16.5. The number of likely N-dealkylation sites (tertiary alicyclic amines) is 1. The monoisotopic (exact) mass is 535 g/mol. The van der Waals surface area contributed by atoms with Gasteiger partial charge in [0.05, 0.1) is 13.2 Å². The van der Waals surface area contributed by atoms with Crippen LogP contribution in [0.15, 0.2) is 0 Å². The first-order valence-electron chi connectivity index (χ1n) is 14.1. The van der Waals surface area contributed by atoms with Gasteiger partial charge in [-0.05, 0) is 55.8 Å². The van der Waals surface area contributed by atoms with Gasteiger partial charge in [0, 0.05) is 18.9 Å². The van der Waals surface area contributed by atoms with Crippen molar-refractivity contribution < 1.29 is 33.8 Å². The van der Waals surface area contributed by atoms with Gasteiger partial charge >= 0.3 is 12.1 Å². The van der Waals surface area contributed by atoms with E-state index in [0.29, 0.717) is 6.54 Å². The van der Waals surface area contributed by atoms with E-state index in [1.54, 1.807) is 6.92 Å². The van der Waals surface area contributed by atoms with Crippen molar-refractivity contribution in [3.8, 4) is 0 Å². The first-order valence-corrected chi connectivity index (χ1v) is 14.1. The van der Waals surface area contributed by atoms with Gasteiger partial charge < -0.3 is 25.4 Å². The van der Waals surface area contributed by atoms with Crippen LogP contribution in [0.4, 0.5) is 4.79 Å². The van der Waals surface area contributed by atoms with Crippen molar-refractivity contribution in [1.82, 2.24) is 15.5 Å². The molecule has 0 bridgehead atoms. The van der Waals surface area contributed by atoms with Crippen molar-refractivity contribution in [2.45, 2.75) is 104 Å². The first kappa shape index (κ1) is 29.9. The summed E-state index contributed by atoms with van der Waals surface area (Å²) in [6, 6.07) is -2.62. The highest BCUT2D eigenvalue weighted by Crippen LogP contribution is 2.43. The second-order valence-corrected chi connectivity index (χ2v) is 12.5. The number of carbonyl (C=O) groups excluding carboxylic acids is 4.